The van der Waals surface area contributed by atoms with Crippen molar-refractivity contribution in [2.75, 3.05) is 0 Å². The lowest BCUT2D eigenvalue weighted by Gasteiger charge is -2.16. The van der Waals surface area contributed by atoms with Crippen molar-refractivity contribution in [1.82, 2.24) is 0 Å². The first-order valence-corrected chi connectivity index (χ1v) is 7.12. The third-order valence-electron chi connectivity index (χ3n) is 3.24. The molecular formula is C17H12O2S. The van der Waals surface area contributed by atoms with Crippen LogP contribution in [0, 0.1) is 6.92 Å². The SMILES string of the molecule is Cc1ccccc1SC1=CC(=O)C(=O)c2ccccc21. The molecule has 2 aromatic carbocycles. The summed E-state index contributed by atoms with van der Waals surface area (Å²) >= 11 is 1.53. The van der Waals surface area contributed by atoms with E-state index in [2.05, 4.69) is 0 Å². The fourth-order valence-electron chi connectivity index (χ4n) is 2.16. The van der Waals surface area contributed by atoms with E-state index < -0.39 is 11.6 Å². The Kier molecular flexibility index (Phi) is 3.28. The molecule has 0 aromatic heterocycles. The molecule has 2 nitrogen and oxygen atoms in total. The van der Waals surface area contributed by atoms with Crippen LogP contribution in [0.5, 0.6) is 0 Å². The minimum absolute atomic E-state index is 0.422. The highest BCUT2D eigenvalue weighted by atomic mass is 32.2. The molecule has 0 saturated heterocycles. The van der Waals surface area contributed by atoms with Crippen molar-refractivity contribution in [3.63, 3.8) is 0 Å². The molecule has 3 heteroatoms. The molecule has 2 aromatic rings. The number of ketones is 2. The van der Waals surface area contributed by atoms with Gasteiger partial charge in [0.15, 0.2) is 0 Å². The van der Waals surface area contributed by atoms with E-state index >= 15 is 0 Å². The number of thioether (sulfide) groups is 1. The smallest absolute Gasteiger partial charge is 0.233 e. The number of fused-ring (bicyclic) bond motifs is 1. The highest BCUT2D eigenvalue weighted by Gasteiger charge is 2.25. The van der Waals surface area contributed by atoms with Gasteiger partial charge in [0.1, 0.15) is 0 Å². The number of carbonyl (C=O) groups is 2. The first-order valence-electron chi connectivity index (χ1n) is 6.30. The average Bonchev–Trinajstić information content (AvgIpc) is 2.47. The zero-order chi connectivity index (χ0) is 14.1. The topological polar surface area (TPSA) is 34.1 Å². The van der Waals surface area contributed by atoms with Gasteiger partial charge >= 0.3 is 0 Å². The summed E-state index contributed by atoms with van der Waals surface area (Å²) in [6.07, 6.45) is 1.45. The molecule has 98 valence electrons. The Morgan fingerprint density at radius 1 is 0.850 bits per heavy atom. The van der Waals surface area contributed by atoms with Gasteiger partial charge in [0, 0.05) is 21.4 Å². The molecule has 0 aliphatic heterocycles. The monoisotopic (exact) mass is 280 g/mol. The van der Waals surface area contributed by atoms with E-state index in [0.717, 1.165) is 20.9 Å². The number of rotatable bonds is 2. The second kappa shape index (κ2) is 5.10. The molecule has 1 aliphatic rings. The molecule has 20 heavy (non-hydrogen) atoms. The predicted molar refractivity (Wildman–Crippen MR) is 80.8 cm³/mol. The number of benzene rings is 2. The van der Waals surface area contributed by atoms with Gasteiger partial charge in [-0.05, 0) is 24.1 Å². The average molecular weight is 280 g/mol. The Hall–Kier alpha value is -2.13. The van der Waals surface area contributed by atoms with E-state index in [-0.39, 0.29) is 0 Å². The van der Waals surface area contributed by atoms with Crippen LogP contribution in [-0.4, -0.2) is 11.6 Å². The zero-order valence-electron chi connectivity index (χ0n) is 10.9. The Morgan fingerprint density at radius 3 is 2.25 bits per heavy atom. The van der Waals surface area contributed by atoms with Gasteiger partial charge in [0.2, 0.25) is 11.6 Å². The van der Waals surface area contributed by atoms with Crippen LogP contribution < -0.4 is 0 Å². The lowest BCUT2D eigenvalue weighted by molar-refractivity contribution is -0.110. The standard InChI is InChI=1S/C17H12O2S/c1-11-6-2-5-9-15(11)20-16-10-14(18)17(19)13-8-4-3-7-12(13)16/h2-10H,1H3. The number of allylic oxidation sites excluding steroid dienone is 1. The quantitative estimate of drug-likeness (QED) is 0.783. The van der Waals surface area contributed by atoms with Crippen molar-refractivity contribution in [3.05, 3.63) is 71.3 Å². The molecule has 0 atom stereocenters. The van der Waals surface area contributed by atoms with Crippen molar-refractivity contribution in [2.45, 2.75) is 11.8 Å². The largest absolute Gasteiger partial charge is 0.286 e. The van der Waals surface area contributed by atoms with Gasteiger partial charge in [0.05, 0.1) is 0 Å². The summed E-state index contributed by atoms with van der Waals surface area (Å²) in [5, 5.41) is 0. The summed E-state index contributed by atoms with van der Waals surface area (Å²) in [5.41, 5.74) is 2.49. The summed E-state index contributed by atoms with van der Waals surface area (Å²) in [5.74, 6) is -0.866. The highest BCUT2D eigenvalue weighted by molar-refractivity contribution is 8.08. The maximum absolute atomic E-state index is 11.9. The second-order valence-electron chi connectivity index (χ2n) is 4.62. The molecule has 0 N–H and O–H groups in total. The number of aryl methyl sites for hydroxylation is 1. The van der Waals surface area contributed by atoms with Gasteiger partial charge in [-0.3, -0.25) is 9.59 Å². The molecule has 0 heterocycles. The molecule has 0 spiro atoms. The van der Waals surface area contributed by atoms with Gasteiger partial charge in [-0.1, -0.05) is 54.2 Å². The van der Waals surface area contributed by atoms with Crippen molar-refractivity contribution in [2.24, 2.45) is 0 Å². The van der Waals surface area contributed by atoms with E-state index in [4.69, 9.17) is 0 Å². The molecule has 0 saturated carbocycles. The molecule has 3 rings (SSSR count). The fourth-order valence-corrected chi connectivity index (χ4v) is 3.23. The van der Waals surface area contributed by atoms with E-state index in [9.17, 15) is 9.59 Å². The Labute approximate surface area is 121 Å². The van der Waals surface area contributed by atoms with E-state index in [1.807, 2.05) is 43.3 Å². The Morgan fingerprint density at radius 2 is 1.50 bits per heavy atom. The van der Waals surface area contributed by atoms with Crippen LogP contribution in [-0.2, 0) is 4.79 Å². The summed E-state index contributed by atoms with van der Waals surface area (Å²) in [7, 11) is 0. The maximum atomic E-state index is 11.9. The zero-order valence-corrected chi connectivity index (χ0v) is 11.7. The van der Waals surface area contributed by atoms with Gasteiger partial charge in [-0.15, -0.1) is 0 Å². The summed E-state index contributed by atoms with van der Waals surface area (Å²) in [6.45, 7) is 2.03. The highest BCUT2D eigenvalue weighted by Crippen LogP contribution is 2.39. The molecule has 0 unspecified atom stereocenters. The van der Waals surface area contributed by atoms with Crippen molar-refractivity contribution < 1.29 is 9.59 Å². The van der Waals surface area contributed by atoms with Crippen LogP contribution in [0.25, 0.3) is 4.91 Å². The summed E-state index contributed by atoms with van der Waals surface area (Å²) in [6, 6.07) is 15.3. The first kappa shape index (κ1) is 12.9. The third kappa shape index (κ3) is 2.21. The Bertz CT molecular complexity index is 744. The van der Waals surface area contributed by atoms with Crippen LogP contribution in [0.3, 0.4) is 0 Å². The van der Waals surface area contributed by atoms with Crippen LogP contribution >= 0.6 is 11.8 Å². The van der Waals surface area contributed by atoms with Crippen LogP contribution in [0.4, 0.5) is 0 Å². The van der Waals surface area contributed by atoms with E-state index in [1.165, 1.54) is 17.8 Å². The number of hydrogen-bond acceptors (Lipinski definition) is 3. The lowest BCUT2D eigenvalue weighted by Crippen LogP contribution is -2.17. The first-order chi connectivity index (χ1) is 9.66. The maximum Gasteiger partial charge on any atom is 0.233 e. The molecular weight excluding hydrogens is 268 g/mol. The molecule has 0 radical (unpaired) electrons. The predicted octanol–water partition coefficient (Wildman–Crippen LogP) is 3.89. The van der Waals surface area contributed by atoms with Crippen molar-refractivity contribution >= 4 is 28.2 Å². The third-order valence-corrected chi connectivity index (χ3v) is 4.47. The van der Waals surface area contributed by atoms with E-state index in [1.54, 1.807) is 12.1 Å². The van der Waals surface area contributed by atoms with Crippen molar-refractivity contribution in [3.8, 4) is 0 Å². The van der Waals surface area contributed by atoms with Gasteiger partial charge in [-0.2, -0.15) is 0 Å². The van der Waals surface area contributed by atoms with Crippen molar-refractivity contribution in [1.29, 1.82) is 0 Å². The van der Waals surface area contributed by atoms with Crippen LogP contribution in [0.1, 0.15) is 21.5 Å². The van der Waals surface area contributed by atoms with Crippen LogP contribution in [0.15, 0.2) is 59.5 Å². The number of carbonyl (C=O) groups excluding carboxylic acids is 2. The summed E-state index contributed by atoms with van der Waals surface area (Å²) < 4.78 is 0. The minimum Gasteiger partial charge on any atom is -0.286 e. The Balaban J connectivity index is 2.06. The molecule has 1 aliphatic carbocycles. The minimum atomic E-state index is -0.445. The molecule has 0 amide bonds. The number of Topliss-reactive ketones (excluding diaryl/α,β-unsaturated/α-hetero) is 1. The van der Waals surface area contributed by atoms with Gasteiger partial charge in [0.25, 0.3) is 0 Å². The van der Waals surface area contributed by atoms with E-state index in [0.29, 0.717) is 5.56 Å². The van der Waals surface area contributed by atoms with Gasteiger partial charge in [-0.25, -0.2) is 0 Å². The van der Waals surface area contributed by atoms with Crippen LogP contribution in [0.2, 0.25) is 0 Å². The number of hydrogen-bond donors (Lipinski definition) is 0. The normalized spacial score (nSPS) is 13.9. The molecule has 0 bridgehead atoms. The lowest BCUT2D eigenvalue weighted by atomic mass is 9.95. The second-order valence-corrected chi connectivity index (χ2v) is 5.70. The fraction of sp³-hybridized carbons (Fsp3) is 0.0588. The molecule has 0 fully saturated rings. The van der Waals surface area contributed by atoms with Gasteiger partial charge < -0.3 is 0 Å². The summed E-state index contributed by atoms with van der Waals surface area (Å²) in [4.78, 5) is 25.6.